The Hall–Kier alpha value is -0.580. The van der Waals surface area contributed by atoms with Crippen LogP contribution >= 0.6 is 38.9 Å². The van der Waals surface area contributed by atoms with Crippen LogP contribution in [0, 0.1) is 0 Å². The SMILES string of the molecule is COC(=O)c1cc(Br)c2sccc2c1Cl. The normalized spacial score (nSPS) is 10.6. The number of benzene rings is 1. The molecule has 1 aromatic carbocycles. The van der Waals surface area contributed by atoms with Crippen LogP contribution in [0.1, 0.15) is 10.4 Å². The maximum absolute atomic E-state index is 11.4. The fourth-order valence-corrected chi connectivity index (χ4v) is 3.20. The van der Waals surface area contributed by atoms with E-state index in [1.54, 1.807) is 17.4 Å². The summed E-state index contributed by atoms with van der Waals surface area (Å²) < 4.78 is 6.55. The summed E-state index contributed by atoms with van der Waals surface area (Å²) in [5.74, 6) is -0.422. The minimum absolute atomic E-state index is 0.386. The number of thiophene rings is 1. The zero-order chi connectivity index (χ0) is 11.0. The lowest BCUT2D eigenvalue weighted by atomic mass is 10.1. The van der Waals surface area contributed by atoms with Crippen LogP contribution in [-0.2, 0) is 4.74 Å². The molecule has 1 aromatic heterocycles. The third kappa shape index (κ3) is 1.77. The predicted molar refractivity (Wildman–Crippen MR) is 65.9 cm³/mol. The highest BCUT2D eigenvalue weighted by Crippen LogP contribution is 2.36. The molecular formula is C10H6BrClO2S. The molecule has 78 valence electrons. The second-order valence-electron chi connectivity index (χ2n) is 2.87. The van der Waals surface area contributed by atoms with Crippen molar-refractivity contribution in [3.63, 3.8) is 0 Å². The second kappa shape index (κ2) is 4.12. The van der Waals surface area contributed by atoms with Crippen molar-refractivity contribution in [2.75, 3.05) is 7.11 Å². The first-order valence-corrected chi connectivity index (χ1v) is 6.13. The number of carbonyl (C=O) groups excluding carboxylic acids is 1. The summed E-state index contributed by atoms with van der Waals surface area (Å²) in [5.41, 5.74) is 0.386. The van der Waals surface area contributed by atoms with E-state index in [9.17, 15) is 4.79 Å². The molecule has 0 saturated heterocycles. The van der Waals surface area contributed by atoms with Gasteiger partial charge in [-0.1, -0.05) is 11.6 Å². The molecule has 2 rings (SSSR count). The Morgan fingerprint density at radius 3 is 3.00 bits per heavy atom. The number of halogens is 2. The van der Waals surface area contributed by atoms with Gasteiger partial charge in [0.1, 0.15) is 0 Å². The van der Waals surface area contributed by atoms with E-state index in [1.165, 1.54) is 7.11 Å². The molecule has 15 heavy (non-hydrogen) atoms. The smallest absolute Gasteiger partial charge is 0.339 e. The van der Waals surface area contributed by atoms with Gasteiger partial charge in [-0.25, -0.2) is 4.79 Å². The molecule has 0 atom stereocenters. The minimum atomic E-state index is -0.422. The summed E-state index contributed by atoms with van der Waals surface area (Å²) in [4.78, 5) is 11.4. The molecule has 0 radical (unpaired) electrons. The molecule has 2 aromatic rings. The lowest BCUT2D eigenvalue weighted by Gasteiger charge is -2.04. The third-order valence-electron chi connectivity index (χ3n) is 2.03. The van der Waals surface area contributed by atoms with Gasteiger partial charge in [0.25, 0.3) is 0 Å². The van der Waals surface area contributed by atoms with Crippen molar-refractivity contribution in [3.8, 4) is 0 Å². The molecule has 0 unspecified atom stereocenters. The summed E-state index contributed by atoms with van der Waals surface area (Å²) >= 11 is 11.1. The lowest BCUT2D eigenvalue weighted by molar-refractivity contribution is 0.0601. The van der Waals surface area contributed by atoms with Crippen LogP contribution in [0.15, 0.2) is 22.0 Å². The molecule has 0 aliphatic rings. The van der Waals surface area contributed by atoms with Gasteiger partial charge in [0, 0.05) is 14.6 Å². The van der Waals surface area contributed by atoms with Gasteiger partial charge in [0.05, 0.1) is 17.7 Å². The van der Waals surface area contributed by atoms with Gasteiger partial charge in [-0.2, -0.15) is 0 Å². The lowest BCUT2D eigenvalue weighted by Crippen LogP contribution is -2.02. The van der Waals surface area contributed by atoms with Crippen LogP contribution in [0.2, 0.25) is 5.02 Å². The first-order valence-electron chi connectivity index (χ1n) is 4.08. The van der Waals surface area contributed by atoms with Gasteiger partial charge in [-0.3, -0.25) is 0 Å². The molecule has 0 spiro atoms. The molecular weight excluding hydrogens is 300 g/mol. The molecule has 5 heteroatoms. The number of fused-ring (bicyclic) bond motifs is 1. The first-order chi connectivity index (χ1) is 7.15. The molecule has 0 aliphatic carbocycles. The number of methoxy groups -OCH3 is 1. The quantitative estimate of drug-likeness (QED) is 0.741. The highest BCUT2D eigenvalue weighted by Gasteiger charge is 2.16. The minimum Gasteiger partial charge on any atom is -0.465 e. The Labute approximate surface area is 104 Å². The van der Waals surface area contributed by atoms with Gasteiger partial charge in [0.15, 0.2) is 0 Å². The zero-order valence-electron chi connectivity index (χ0n) is 7.71. The van der Waals surface area contributed by atoms with E-state index < -0.39 is 5.97 Å². The van der Waals surface area contributed by atoms with Crippen LogP contribution in [0.4, 0.5) is 0 Å². The Kier molecular flexibility index (Phi) is 3.00. The Bertz CT molecular complexity index is 535. The van der Waals surface area contributed by atoms with Crippen LogP contribution in [0.3, 0.4) is 0 Å². The number of hydrogen-bond acceptors (Lipinski definition) is 3. The molecule has 0 bridgehead atoms. The fourth-order valence-electron chi connectivity index (χ4n) is 1.33. The molecule has 0 amide bonds. The average molecular weight is 306 g/mol. The number of ether oxygens (including phenoxy) is 1. The van der Waals surface area contributed by atoms with Crippen LogP contribution in [0.25, 0.3) is 10.1 Å². The predicted octanol–water partition coefficient (Wildman–Crippen LogP) is 4.10. The summed E-state index contributed by atoms with van der Waals surface area (Å²) in [7, 11) is 1.34. The summed E-state index contributed by atoms with van der Waals surface area (Å²) in [6, 6.07) is 3.58. The van der Waals surface area contributed by atoms with E-state index in [0.717, 1.165) is 14.6 Å². The van der Waals surface area contributed by atoms with E-state index in [0.29, 0.717) is 10.6 Å². The molecule has 0 N–H and O–H groups in total. The van der Waals surface area contributed by atoms with Crippen molar-refractivity contribution in [2.24, 2.45) is 0 Å². The van der Waals surface area contributed by atoms with E-state index in [4.69, 9.17) is 11.6 Å². The summed E-state index contributed by atoms with van der Waals surface area (Å²) in [5, 5.41) is 3.25. The molecule has 1 heterocycles. The largest absolute Gasteiger partial charge is 0.465 e. The Morgan fingerprint density at radius 1 is 1.60 bits per heavy atom. The highest BCUT2D eigenvalue weighted by molar-refractivity contribution is 9.10. The van der Waals surface area contributed by atoms with Crippen molar-refractivity contribution >= 4 is 54.9 Å². The topological polar surface area (TPSA) is 26.3 Å². The van der Waals surface area contributed by atoms with E-state index in [2.05, 4.69) is 20.7 Å². The molecule has 0 aliphatic heterocycles. The maximum atomic E-state index is 11.4. The highest BCUT2D eigenvalue weighted by atomic mass is 79.9. The number of carbonyl (C=O) groups is 1. The van der Waals surface area contributed by atoms with Gasteiger partial charge < -0.3 is 4.74 Å². The standard InChI is InChI=1S/C10H6BrClO2S/c1-14-10(13)6-4-7(11)9-5(8(6)12)2-3-15-9/h2-4H,1H3. The summed E-state index contributed by atoms with van der Waals surface area (Å²) in [6.45, 7) is 0. The van der Waals surface area contributed by atoms with Crippen molar-refractivity contribution in [1.82, 2.24) is 0 Å². The summed E-state index contributed by atoms with van der Waals surface area (Å²) in [6.07, 6.45) is 0. The van der Waals surface area contributed by atoms with Gasteiger partial charge in [0.2, 0.25) is 0 Å². The van der Waals surface area contributed by atoms with Crippen molar-refractivity contribution in [3.05, 3.63) is 32.6 Å². The van der Waals surface area contributed by atoms with Crippen molar-refractivity contribution in [1.29, 1.82) is 0 Å². The number of hydrogen-bond donors (Lipinski definition) is 0. The Balaban J connectivity index is 2.76. The molecule has 0 fully saturated rings. The van der Waals surface area contributed by atoms with Crippen molar-refractivity contribution < 1.29 is 9.53 Å². The maximum Gasteiger partial charge on any atom is 0.339 e. The van der Waals surface area contributed by atoms with Crippen LogP contribution in [-0.4, -0.2) is 13.1 Å². The monoisotopic (exact) mass is 304 g/mol. The van der Waals surface area contributed by atoms with E-state index in [1.807, 2.05) is 11.4 Å². The fraction of sp³-hybridized carbons (Fsp3) is 0.100. The van der Waals surface area contributed by atoms with E-state index in [-0.39, 0.29) is 0 Å². The van der Waals surface area contributed by atoms with Gasteiger partial charge in [-0.05, 0) is 33.4 Å². The van der Waals surface area contributed by atoms with E-state index >= 15 is 0 Å². The number of rotatable bonds is 1. The van der Waals surface area contributed by atoms with Crippen LogP contribution < -0.4 is 0 Å². The molecule has 0 saturated carbocycles. The molecule has 2 nitrogen and oxygen atoms in total. The number of esters is 1. The van der Waals surface area contributed by atoms with Crippen LogP contribution in [0.5, 0.6) is 0 Å². The van der Waals surface area contributed by atoms with Crippen molar-refractivity contribution in [2.45, 2.75) is 0 Å². The zero-order valence-corrected chi connectivity index (χ0v) is 10.9. The second-order valence-corrected chi connectivity index (χ2v) is 5.02. The third-order valence-corrected chi connectivity index (χ3v) is 4.27. The van der Waals surface area contributed by atoms with Gasteiger partial charge >= 0.3 is 5.97 Å². The Morgan fingerprint density at radius 2 is 2.33 bits per heavy atom. The average Bonchev–Trinajstić information content (AvgIpc) is 2.71. The first kappa shape index (κ1) is 10.9. The van der Waals surface area contributed by atoms with Gasteiger partial charge in [-0.15, -0.1) is 11.3 Å².